The topological polar surface area (TPSA) is 106 Å². The van der Waals surface area contributed by atoms with Crippen molar-refractivity contribution in [2.75, 3.05) is 7.11 Å². The number of carboxylic acids is 1. The van der Waals surface area contributed by atoms with Crippen LogP contribution in [0.15, 0.2) is 18.3 Å². The van der Waals surface area contributed by atoms with Gasteiger partial charge in [0.1, 0.15) is 11.2 Å². The van der Waals surface area contributed by atoms with E-state index in [1.54, 1.807) is 0 Å². The zero-order valence-corrected chi connectivity index (χ0v) is 11.4. The molecule has 0 aliphatic carbocycles. The second kappa shape index (κ2) is 7.44. The number of nitrogens with zero attached hydrogens (tertiary/aromatic N) is 1. The summed E-state index contributed by atoms with van der Waals surface area (Å²) in [6, 6.07) is 1.53. The van der Waals surface area contributed by atoms with Gasteiger partial charge in [-0.15, -0.1) is 0 Å². The molecule has 20 heavy (non-hydrogen) atoms. The molecule has 1 heterocycles. The van der Waals surface area contributed by atoms with E-state index < -0.39 is 23.9 Å². The van der Waals surface area contributed by atoms with Crippen LogP contribution in [-0.4, -0.2) is 41.1 Å². The number of pyridine rings is 1. The first kappa shape index (κ1) is 15.9. The van der Waals surface area contributed by atoms with Crippen molar-refractivity contribution in [3.8, 4) is 0 Å². The Kier molecular flexibility index (Phi) is 5.92. The van der Waals surface area contributed by atoms with Crippen molar-refractivity contribution in [3.05, 3.63) is 29.0 Å². The molecule has 1 aromatic heterocycles. The molecule has 0 bridgehead atoms. The molecule has 0 unspecified atom stereocenters. The van der Waals surface area contributed by atoms with Gasteiger partial charge in [0, 0.05) is 18.2 Å². The number of aromatic nitrogens is 1. The molecule has 0 saturated heterocycles. The van der Waals surface area contributed by atoms with Gasteiger partial charge >= 0.3 is 11.9 Å². The maximum absolute atomic E-state index is 11.8. The summed E-state index contributed by atoms with van der Waals surface area (Å²) in [6.07, 6.45) is 1.17. The Morgan fingerprint density at radius 2 is 2.20 bits per heavy atom. The quantitative estimate of drug-likeness (QED) is 0.596. The third-order valence-electron chi connectivity index (χ3n) is 2.46. The second-order valence-corrected chi connectivity index (χ2v) is 4.23. The summed E-state index contributed by atoms with van der Waals surface area (Å²) < 4.78 is 4.42. The summed E-state index contributed by atoms with van der Waals surface area (Å²) in [7, 11) is 1.20. The fraction of sp³-hybridized carbons (Fsp3) is 0.333. The highest BCUT2D eigenvalue weighted by Gasteiger charge is 2.22. The molecule has 108 valence electrons. The van der Waals surface area contributed by atoms with Gasteiger partial charge in [-0.1, -0.05) is 11.6 Å². The summed E-state index contributed by atoms with van der Waals surface area (Å²) in [5.74, 6) is -2.38. The highest BCUT2D eigenvalue weighted by molar-refractivity contribution is 6.29. The average molecular weight is 301 g/mol. The number of esters is 1. The van der Waals surface area contributed by atoms with Crippen LogP contribution >= 0.6 is 11.6 Å². The molecule has 0 spiro atoms. The van der Waals surface area contributed by atoms with Gasteiger partial charge in [0.05, 0.1) is 7.11 Å². The van der Waals surface area contributed by atoms with Crippen LogP contribution in [0, 0.1) is 0 Å². The van der Waals surface area contributed by atoms with E-state index in [-0.39, 0.29) is 23.6 Å². The number of rotatable bonds is 6. The van der Waals surface area contributed by atoms with Gasteiger partial charge in [-0.2, -0.15) is 0 Å². The lowest BCUT2D eigenvalue weighted by atomic mass is 10.1. The molecule has 1 aromatic rings. The SMILES string of the molecule is COC(=O)CC[C@H](NC(=O)c1ccnc(Cl)c1)C(=O)O. The molecule has 0 aromatic carbocycles. The fourth-order valence-corrected chi connectivity index (χ4v) is 1.58. The van der Waals surface area contributed by atoms with E-state index in [0.29, 0.717) is 0 Å². The van der Waals surface area contributed by atoms with Crippen molar-refractivity contribution >= 4 is 29.4 Å². The average Bonchev–Trinajstić information content (AvgIpc) is 2.42. The van der Waals surface area contributed by atoms with Crippen LogP contribution in [0.2, 0.25) is 5.15 Å². The zero-order chi connectivity index (χ0) is 15.1. The molecule has 7 nitrogen and oxygen atoms in total. The lowest BCUT2D eigenvalue weighted by Gasteiger charge is -2.13. The van der Waals surface area contributed by atoms with Gasteiger partial charge in [0.25, 0.3) is 5.91 Å². The third kappa shape index (κ3) is 4.85. The van der Waals surface area contributed by atoms with Gasteiger partial charge < -0.3 is 15.2 Å². The smallest absolute Gasteiger partial charge is 0.326 e. The molecule has 0 fully saturated rings. The lowest BCUT2D eigenvalue weighted by Crippen LogP contribution is -2.41. The molecule has 1 amide bonds. The number of aliphatic carboxylic acids is 1. The zero-order valence-electron chi connectivity index (χ0n) is 10.6. The summed E-state index contributed by atoms with van der Waals surface area (Å²) >= 11 is 5.64. The standard InChI is InChI=1S/C12H13ClN2O5/c1-20-10(16)3-2-8(12(18)19)15-11(17)7-4-5-14-9(13)6-7/h4-6,8H,2-3H2,1H3,(H,15,17)(H,18,19)/t8-/m0/s1. The minimum absolute atomic E-state index is 0.0629. The normalized spacial score (nSPS) is 11.5. The number of halogens is 1. The van der Waals surface area contributed by atoms with Crippen LogP contribution in [-0.2, 0) is 14.3 Å². The molecule has 8 heteroatoms. The van der Waals surface area contributed by atoms with E-state index in [1.807, 2.05) is 0 Å². The third-order valence-corrected chi connectivity index (χ3v) is 2.66. The molecule has 0 saturated carbocycles. The number of hydrogen-bond acceptors (Lipinski definition) is 5. The highest BCUT2D eigenvalue weighted by atomic mass is 35.5. The molecule has 1 rings (SSSR count). The summed E-state index contributed by atoms with van der Waals surface area (Å²) in [5.41, 5.74) is 0.189. The van der Waals surface area contributed by atoms with E-state index in [2.05, 4.69) is 15.0 Å². The van der Waals surface area contributed by atoms with Gasteiger partial charge in [-0.05, 0) is 18.6 Å². The van der Waals surface area contributed by atoms with Crippen LogP contribution in [0.25, 0.3) is 0 Å². The minimum Gasteiger partial charge on any atom is -0.480 e. The van der Waals surface area contributed by atoms with E-state index in [9.17, 15) is 14.4 Å². The fourth-order valence-electron chi connectivity index (χ4n) is 1.41. The molecular weight excluding hydrogens is 288 g/mol. The molecular formula is C12H13ClN2O5. The predicted octanol–water partition coefficient (Wildman–Crippen LogP) is 0.871. The van der Waals surface area contributed by atoms with Crippen molar-refractivity contribution in [1.82, 2.24) is 10.3 Å². The van der Waals surface area contributed by atoms with Crippen LogP contribution in [0.4, 0.5) is 0 Å². The van der Waals surface area contributed by atoms with Gasteiger partial charge in [-0.25, -0.2) is 9.78 Å². The number of ether oxygens (including phenoxy) is 1. The summed E-state index contributed by atoms with van der Waals surface area (Å²) in [5, 5.41) is 11.4. The van der Waals surface area contributed by atoms with Crippen molar-refractivity contribution in [2.45, 2.75) is 18.9 Å². The lowest BCUT2D eigenvalue weighted by molar-refractivity contribution is -0.142. The van der Waals surface area contributed by atoms with Crippen molar-refractivity contribution in [1.29, 1.82) is 0 Å². The second-order valence-electron chi connectivity index (χ2n) is 3.85. The highest BCUT2D eigenvalue weighted by Crippen LogP contribution is 2.08. The van der Waals surface area contributed by atoms with Crippen LogP contribution < -0.4 is 5.32 Å². The van der Waals surface area contributed by atoms with Crippen molar-refractivity contribution < 1.29 is 24.2 Å². The van der Waals surface area contributed by atoms with Crippen LogP contribution in [0.5, 0.6) is 0 Å². The minimum atomic E-state index is -1.23. The Bertz CT molecular complexity index is 520. The monoisotopic (exact) mass is 300 g/mol. The Hall–Kier alpha value is -2.15. The summed E-state index contributed by atoms with van der Waals surface area (Å²) in [6.45, 7) is 0. The Balaban J connectivity index is 2.68. The molecule has 0 aliphatic heterocycles. The van der Waals surface area contributed by atoms with Crippen molar-refractivity contribution in [3.63, 3.8) is 0 Å². The Morgan fingerprint density at radius 1 is 1.50 bits per heavy atom. The van der Waals surface area contributed by atoms with E-state index in [4.69, 9.17) is 16.7 Å². The number of amides is 1. The number of methoxy groups -OCH3 is 1. The summed E-state index contributed by atoms with van der Waals surface area (Å²) in [4.78, 5) is 37.6. The number of hydrogen-bond donors (Lipinski definition) is 2. The van der Waals surface area contributed by atoms with Gasteiger partial charge in [-0.3, -0.25) is 9.59 Å². The maximum atomic E-state index is 11.8. The van der Waals surface area contributed by atoms with Crippen LogP contribution in [0.3, 0.4) is 0 Å². The van der Waals surface area contributed by atoms with E-state index >= 15 is 0 Å². The van der Waals surface area contributed by atoms with Gasteiger partial charge in [0.15, 0.2) is 0 Å². The molecule has 2 N–H and O–H groups in total. The molecule has 0 aliphatic rings. The van der Waals surface area contributed by atoms with Gasteiger partial charge in [0.2, 0.25) is 0 Å². The number of carboxylic acid groups (broad SMARTS) is 1. The number of carbonyl (C=O) groups is 3. The Morgan fingerprint density at radius 3 is 2.75 bits per heavy atom. The van der Waals surface area contributed by atoms with E-state index in [1.165, 1.54) is 25.4 Å². The van der Waals surface area contributed by atoms with E-state index in [0.717, 1.165) is 0 Å². The largest absolute Gasteiger partial charge is 0.480 e. The first-order chi connectivity index (χ1) is 9.43. The number of nitrogens with one attached hydrogen (secondary N) is 1. The maximum Gasteiger partial charge on any atom is 0.326 e. The molecule has 1 atom stereocenters. The Labute approximate surface area is 119 Å². The molecule has 0 radical (unpaired) electrons. The van der Waals surface area contributed by atoms with Crippen LogP contribution in [0.1, 0.15) is 23.2 Å². The number of carbonyl (C=O) groups excluding carboxylic acids is 2. The first-order valence-corrected chi connectivity index (χ1v) is 6.04. The van der Waals surface area contributed by atoms with Crippen molar-refractivity contribution in [2.24, 2.45) is 0 Å². The first-order valence-electron chi connectivity index (χ1n) is 5.66. The predicted molar refractivity (Wildman–Crippen MR) is 69.4 cm³/mol.